The molecular formula is C32H34F2N6O4. The molecule has 4 heterocycles. The number of carbonyl (C=O) groups is 2. The van der Waals surface area contributed by atoms with Crippen molar-refractivity contribution in [3.05, 3.63) is 93.5 Å². The van der Waals surface area contributed by atoms with Gasteiger partial charge in [0.15, 0.2) is 17.4 Å². The number of pyridine rings is 1. The lowest BCUT2D eigenvalue weighted by molar-refractivity contribution is -0.126. The summed E-state index contributed by atoms with van der Waals surface area (Å²) in [6, 6.07) is 1.05. The topological polar surface area (TPSA) is 112 Å². The molecule has 1 fully saturated rings. The van der Waals surface area contributed by atoms with E-state index in [1.807, 2.05) is 39.5 Å². The van der Waals surface area contributed by atoms with Crippen LogP contribution in [0.3, 0.4) is 0 Å². The SMILES string of the molecule is C=CC(=O)N1CCN(c2cc(=O)n(-c3c(C(C)C)ncnc3C(C)C)c3c2C=C(F)/C(=C2/C(=O)C=CC=C2F)N3O)[C@@H](C)C1. The Kier molecular flexibility index (Phi) is 8.21. The summed E-state index contributed by atoms with van der Waals surface area (Å²) in [4.78, 5) is 51.7. The smallest absolute Gasteiger partial charge is 0.258 e. The Labute approximate surface area is 253 Å². The average molecular weight is 605 g/mol. The number of fused-ring (bicyclic) bond motifs is 1. The van der Waals surface area contributed by atoms with Crippen molar-refractivity contribution in [1.82, 2.24) is 19.4 Å². The van der Waals surface area contributed by atoms with E-state index in [0.29, 0.717) is 47.5 Å². The minimum absolute atomic E-state index is 0.126. The fraction of sp³-hybridized carbons (Fsp3) is 0.344. The molecule has 0 bridgehead atoms. The molecule has 1 N–H and O–H groups in total. The highest BCUT2D eigenvalue weighted by Gasteiger charge is 2.38. The number of nitrogens with zero attached hydrogens (tertiary/aromatic N) is 6. The number of ketones is 1. The lowest BCUT2D eigenvalue weighted by Crippen LogP contribution is -2.54. The first-order valence-electron chi connectivity index (χ1n) is 14.4. The number of amides is 1. The van der Waals surface area contributed by atoms with Crippen LogP contribution in [-0.2, 0) is 9.59 Å². The summed E-state index contributed by atoms with van der Waals surface area (Å²) < 4.78 is 32.3. The fourth-order valence-corrected chi connectivity index (χ4v) is 5.89. The van der Waals surface area contributed by atoms with Gasteiger partial charge in [-0.1, -0.05) is 40.3 Å². The summed E-state index contributed by atoms with van der Waals surface area (Å²) in [5, 5.41) is 12.2. The van der Waals surface area contributed by atoms with Crippen LogP contribution in [0.2, 0.25) is 0 Å². The number of rotatable bonds is 5. The molecular weight excluding hydrogens is 570 g/mol. The van der Waals surface area contributed by atoms with Gasteiger partial charge in [-0.05, 0) is 43.1 Å². The van der Waals surface area contributed by atoms with Crippen molar-refractivity contribution in [1.29, 1.82) is 0 Å². The molecule has 1 atom stereocenters. The molecule has 10 nitrogen and oxygen atoms in total. The van der Waals surface area contributed by atoms with Crippen molar-refractivity contribution in [3.8, 4) is 5.69 Å². The number of hydrogen-bond donors (Lipinski definition) is 1. The Morgan fingerprint density at radius 2 is 1.75 bits per heavy atom. The van der Waals surface area contributed by atoms with Gasteiger partial charge in [0, 0.05) is 37.3 Å². The molecule has 0 spiro atoms. The Hall–Kier alpha value is -4.71. The Bertz CT molecular complexity index is 1730. The second-order valence-corrected chi connectivity index (χ2v) is 11.5. The third kappa shape index (κ3) is 5.08. The maximum atomic E-state index is 16.1. The van der Waals surface area contributed by atoms with Gasteiger partial charge in [-0.3, -0.25) is 24.2 Å². The number of aromatic nitrogens is 3. The van der Waals surface area contributed by atoms with Crippen LogP contribution in [0.4, 0.5) is 20.3 Å². The quantitative estimate of drug-likeness (QED) is 0.482. The molecule has 0 radical (unpaired) electrons. The summed E-state index contributed by atoms with van der Waals surface area (Å²) in [5.41, 5.74) is -0.241. The predicted molar refractivity (Wildman–Crippen MR) is 163 cm³/mol. The molecule has 5 rings (SSSR count). The molecule has 0 aromatic carbocycles. The second kappa shape index (κ2) is 11.8. The monoisotopic (exact) mass is 604 g/mol. The summed E-state index contributed by atoms with van der Waals surface area (Å²) in [6.45, 7) is 13.9. The zero-order chi connectivity index (χ0) is 32.0. The number of hydroxylamine groups is 1. The van der Waals surface area contributed by atoms with E-state index in [1.165, 1.54) is 29.1 Å². The van der Waals surface area contributed by atoms with Crippen molar-refractivity contribution in [2.24, 2.45) is 0 Å². The number of anilines is 2. The number of allylic oxidation sites excluding steroid dienone is 6. The highest BCUT2D eigenvalue weighted by molar-refractivity contribution is 6.10. The van der Waals surface area contributed by atoms with E-state index < -0.39 is 34.3 Å². The van der Waals surface area contributed by atoms with Gasteiger partial charge in [0.05, 0.1) is 28.3 Å². The van der Waals surface area contributed by atoms with Crippen molar-refractivity contribution in [2.75, 3.05) is 29.6 Å². The first kappa shape index (κ1) is 30.7. The minimum atomic E-state index is -1.07. The maximum absolute atomic E-state index is 16.1. The lowest BCUT2D eigenvalue weighted by Gasteiger charge is -2.42. The standard InChI is InChI=1S/C32H34F2N6O4/c1-7-25(42)37-11-12-38(19(6)15-37)23-14-26(43)39(31-28(17(2)3)35-16-36-29(31)18(4)5)32-20(23)13-22(34)30(40(32)44)27-21(33)9-8-10-24(27)41/h7-10,13-14,16-19,44H,1,11-12,15H2,2-6H3/b30-27-/t19-/m0/s1. The maximum Gasteiger partial charge on any atom is 0.258 e. The van der Waals surface area contributed by atoms with Gasteiger partial charge in [0.25, 0.3) is 5.56 Å². The Balaban J connectivity index is 1.85. The van der Waals surface area contributed by atoms with Crippen LogP contribution in [-0.4, -0.2) is 62.0 Å². The molecule has 230 valence electrons. The van der Waals surface area contributed by atoms with Gasteiger partial charge in [0.2, 0.25) is 5.91 Å². The van der Waals surface area contributed by atoms with Crippen LogP contribution in [0.15, 0.2) is 71.0 Å². The highest BCUT2D eigenvalue weighted by atomic mass is 19.1. The largest absolute Gasteiger partial charge is 0.365 e. The molecule has 2 aromatic heterocycles. The highest BCUT2D eigenvalue weighted by Crippen LogP contribution is 2.44. The van der Waals surface area contributed by atoms with Crippen LogP contribution >= 0.6 is 0 Å². The molecule has 0 saturated carbocycles. The van der Waals surface area contributed by atoms with Crippen molar-refractivity contribution >= 4 is 29.3 Å². The zero-order valence-electron chi connectivity index (χ0n) is 25.2. The molecule has 0 unspecified atom stereocenters. The average Bonchev–Trinajstić information content (AvgIpc) is 2.97. The molecule has 44 heavy (non-hydrogen) atoms. The van der Waals surface area contributed by atoms with Crippen LogP contribution in [0.25, 0.3) is 11.8 Å². The molecule has 2 aliphatic heterocycles. The van der Waals surface area contributed by atoms with Gasteiger partial charge in [-0.2, -0.15) is 0 Å². The third-order valence-corrected chi connectivity index (χ3v) is 7.95. The first-order valence-corrected chi connectivity index (χ1v) is 14.4. The number of hydrogen-bond acceptors (Lipinski definition) is 8. The summed E-state index contributed by atoms with van der Waals surface area (Å²) in [7, 11) is 0. The van der Waals surface area contributed by atoms with Gasteiger partial charge >= 0.3 is 0 Å². The van der Waals surface area contributed by atoms with E-state index in [2.05, 4.69) is 16.5 Å². The fourth-order valence-electron chi connectivity index (χ4n) is 5.89. The summed E-state index contributed by atoms with van der Waals surface area (Å²) in [5.74, 6) is -3.74. The molecule has 3 aliphatic rings. The van der Waals surface area contributed by atoms with E-state index in [1.54, 1.807) is 4.90 Å². The second-order valence-electron chi connectivity index (χ2n) is 11.5. The zero-order valence-corrected chi connectivity index (χ0v) is 25.2. The third-order valence-electron chi connectivity index (χ3n) is 7.95. The van der Waals surface area contributed by atoms with Crippen LogP contribution in [0, 0.1) is 0 Å². The first-order chi connectivity index (χ1) is 20.9. The molecule has 1 amide bonds. The number of piperazine rings is 1. The van der Waals surface area contributed by atoms with E-state index in [-0.39, 0.29) is 35.2 Å². The van der Waals surface area contributed by atoms with Gasteiger partial charge in [-0.15, -0.1) is 0 Å². The van der Waals surface area contributed by atoms with Crippen LogP contribution < -0.4 is 15.5 Å². The van der Waals surface area contributed by atoms with Crippen molar-refractivity contribution in [3.63, 3.8) is 0 Å². The van der Waals surface area contributed by atoms with E-state index in [4.69, 9.17) is 0 Å². The minimum Gasteiger partial charge on any atom is -0.365 e. The van der Waals surface area contributed by atoms with Gasteiger partial charge in [-0.25, -0.2) is 23.8 Å². The molecule has 1 saturated heterocycles. The van der Waals surface area contributed by atoms with E-state index in [9.17, 15) is 19.6 Å². The van der Waals surface area contributed by atoms with E-state index >= 15 is 8.78 Å². The Morgan fingerprint density at radius 3 is 2.32 bits per heavy atom. The lowest BCUT2D eigenvalue weighted by atomic mass is 9.97. The van der Waals surface area contributed by atoms with E-state index in [0.717, 1.165) is 18.2 Å². The predicted octanol–water partition coefficient (Wildman–Crippen LogP) is 4.86. The molecule has 1 aliphatic carbocycles. The summed E-state index contributed by atoms with van der Waals surface area (Å²) >= 11 is 0. The number of carbonyl (C=O) groups excluding carboxylic acids is 2. The van der Waals surface area contributed by atoms with Gasteiger partial charge in [0.1, 0.15) is 17.9 Å². The Morgan fingerprint density at radius 1 is 1.09 bits per heavy atom. The molecule has 12 heteroatoms. The van der Waals surface area contributed by atoms with Gasteiger partial charge < -0.3 is 9.80 Å². The van der Waals surface area contributed by atoms with Crippen LogP contribution in [0.1, 0.15) is 63.4 Å². The normalized spacial score (nSPS) is 20.3. The summed E-state index contributed by atoms with van der Waals surface area (Å²) in [6.07, 6.45) is 6.99. The van der Waals surface area contributed by atoms with Crippen molar-refractivity contribution < 1.29 is 23.6 Å². The van der Waals surface area contributed by atoms with Crippen molar-refractivity contribution in [2.45, 2.75) is 52.5 Å². The van der Waals surface area contributed by atoms with Crippen LogP contribution in [0.5, 0.6) is 0 Å². The molecule has 2 aromatic rings. The number of halogens is 2.